The first-order valence-electron chi connectivity index (χ1n) is 3.40. The second kappa shape index (κ2) is 2.21. The van der Waals surface area contributed by atoms with E-state index in [1.54, 1.807) is 0 Å². The SMILES string of the molecule is O=C1N[C@H]2NC(=O)N([N+](=O)[O-])[C@@H]2N1. The fourth-order valence-corrected chi connectivity index (χ4v) is 1.30. The molecule has 0 aromatic rings. The molecule has 2 aliphatic heterocycles. The molecule has 0 radical (unpaired) electrons. The number of fused-ring (bicyclic) bond motifs is 1. The Balaban J connectivity index is 2.24. The van der Waals surface area contributed by atoms with E-state index in [1.807, 2.05) is 0 Å². The third-order valence-corrected chi connectivity index (χ3v) is 1.81. The van der Waals surface area contributed by atoms with Crippen LogP contribution in [0, 0.1) is 10.1 Å². The van der Waals surface area contributed by atoms with Gasteiger partial charge in [-0.25, -0.2) is 19.7 Å². The number of carbonyl (C=O) groups is 2. The van der Waals surface area contributed by atoms with Crippen molar-refractivity contribution >= 4 is 12.1 Å². The van der Waals surface area contributed by atoms with Gasteiger partial charge in [-0.05, 0) is 5.01 Å². The second-order valence-electron chi connectivity index (χ2n) is 2.57. The van der Waals surface area contributed by atoms with Crippen LogP contribution in [0.25, 0.3) is 0 Å². The molecule has 13 heavy (non-hydrogen) atoms. The van der Waals surface area contributed by atoms with E-state index in [1.165, 1.54) is 0 Å². The van der Waals surface area contributed by atoms with Gasteiger partial charge in [0.2, 0.25) is 6.17 Å². The van der Waals surface area contributed by atoms with E-state index in [9.17, 15) is 19.7 Å². The molecule has 0 saturated carbocycles. The smallest absolute Gasteiger partial charge is 0.314 e. The molecule has 0 aromatic heterocycles. The zero-order valence-corrected chi connectivity index (χ0v) is 6.18. The van der Waals surface area contributed by atoms with E-state index in [0.29, 0.717) is 5.01 Å². The zero-order chi connectivity index (χ0) is 9.59. The topological polar surface area (TPSA) is 117 Å². The minimum Gasteiger partial charge on any atom is -0.314 e. The van der Waals surface area contributed by atoms with E-state index in [4.69, 9.17) is 0 Å². The van der Waals surface area contributed by atoms with Gasteiger partial charge in [0.15, 0.2) is 11.2 Å². The molecule has 0 aliphatic carbocycles. The van der Waals surface area contributed by atoms with Crippen LogP contribution >= 0.6 is 0 Å². The van der Waals surface area contributed by atoms with Crippen LogP contribution in [-0.2, 0) is 0 Å². The average molecular weight is 187 g/mol. The number of rotatable bonds is 1. The standard InChI is InChI=1S/C4H5N5O4/c10-3-5-1-2(7-3)8(9(12)13)4(11)6-1/h1-2H,(H,6,11)(H2,5,7,10)/t1-,2-/m0/s1. The molecule has 2 rings (SSSR count). The van der Waals surface area contributed by atoms with Gasteiger partial charge in [0.05, 0.1) is 0 Å². The predicted octanol–water partition coefficient (Wildman–Crippen LogP) is -1.83. The van der Waals surface area contributed by atoms with E-state index in [0.717, 1.165) is 0 Å². The largest absolute Gasteiger partial charge is 0.379 e. The van der Waals surface area contributed by atoms with E-state index in [2.05, 4.69) is 16.0 Å². The second-order valence-corrected chi connectivity index (χ2v) is 2.57. The Hall–Kier alpha value is -2.06. The molecule has 2 atom stereocenters. The van der Waals surface area contributed by atoms with Crippen molar-refractivity contribution in [3.05, 3.63) is 10.1 Å². The van der Waals surface area contributed by atoms with Crippen LogP contribution in [0.5, 0.6) is 0 Å². The molecule has 0 unspecified atom stereocenters. The van der Waals surface area contributed by atoms with Gasteiger partial charge in [0.1, 0.15) is 0 Å². The highest BCUT2D eigenvalue weighted by Crippen LogP contribution is 2.12. The number of nitrogens with one attached hydrogen (secondary N) is 3. The van der Waals surface area contributed by atoms with Gasteiger partial charge in [-0.15, -0.1) is 0 Å². The van der Waals surface area contributed by atoms with Crippen LogP contribution in [-0.4, -0.2) is 34.4 Å². The highest BCUT2D eigenvalue weighted by molar-refractivity contribution is 5.83. The van der Waals surface area contributed by atoms with Gasteiger partial charge in [0, 0.05) is 0 Å². The fourth-order valence-electron chi connectivity index (χ4n) is 1.30. The lowest BCUT2D eigenvalue weighted by atomic mass is 10.4. The highest BCUT2D eigenvalue weighted by atomic mass is 16.7. The van der Waals surface area contributed by atoms with Gasteiger partial charge in [-0.3, -0.25) is 0 Å². The van der Waals surface area contributed by atoms with Crippen molar-refractivity contribution < 1.29 is 14.6 Å². The third kappa shape index (κ3) is 0.931. The highest BCUT2D eigenvalue weighted by Gasteiger charge is 2.52. The Morgan fingerprint density at radius 1 is 1.31 bits per heavy atom. The van der Waals surface area contributed by atoms with Crippen molar-refractivity contribution in [1.82, 2.24) is 21.0 Å². The first-order valence-corrected chi connectivity index (χ1v) is 3.40. The molecular formula is C4H5N5O4. The van der Waals surface area contributed by atoms with Crippen LogP contribution in [0.15, 0.2) is 0 Å². The Kier molecular flexibility index (Phi) is 1.29. The number of hydrogen-bond donors (Lipinski definition) is 3. The molecule has 3 N–H and O–H groups in total. The summed E-state index contributed by atoms with van der Waals surface area (Å²) in [5.74, 6) is 0. The maximum Gasteiger partial charge on any atom is 0.379 e. The van der Waals surface area contributed by atoms with Crippen LogP contribution < -0.4 is 16.0 Å². The Labute approximate surface area is 71.2 Å². The Morgan fingerprint density at radius 3 is 2.62 bits per heavy atom. The summed E-state index contributed by atoms with van der Waals surface area (Å²) in [5, 5.41) is 16.6. The van der Waals surface area contributed by atoms with Crippen molar-refractivity contribution in [2.45, 2.75) is 12.3 Å². The predicted molar refractivity (Wildman–Crippen MR) is 36.6 cm³/mol. The average Bonchev–Trinajstić information content (AvgIpc) is 2.41. The number of amides is 4. The molecule has 0 spiro atoms. The minimum atomic E-state index is -0.949. The number of nitrogens with zero attached hydrogens (tertiary/aromatic N) is 2. The summed E-state index contributed by atoms with van der Waals surface area (Å²) in [6.45, 7) is 0. The first kappa shape index (κ1) is 7.58. The summed E-state index contributed by atoms with van der Waals surface area (Å²) >= 11 is 0. The van der Waals surface area contributed by atoms with Crippen molar-refractivity contribution in [2.24, 2.45) is 0 Å². The lowest BCUT2D eigenvalue weighted by Crippen LogP contribution is -2.46. The lowest BCUT2D eigenvalue weighted by molar-refractivity contribution is -0.638. The van der Waals surface area contributed by atoms with Gasteiger partial charge in [-0.1, -0.05) is 0 Å². The number of carbonyl (C=O) groups excluding carboxylic acids is 2. The molecule has 2 aliphatic rings. The van der Waals surface area contributed by atoms with Gasteiger partial charge in [-0.2, -0.15) is 0 Å². The fraction of sp³-hybridized carbons (Fsp3) is 0.500. The van der Waals surface area contributed by atoms with Crippen LogP contribution in [0.4, 0.5) is 9.59 Å². The number of urea groups is 2. The van der Waals surface area contributed by atoms with Gasteiger partial charge >= 0.3 is 12.1 Å². The monoisotopic (exact) mass is 187 g/mol. The molecule has 2 fully saturated rings. The van der Waals surface area contributed by atoms with Crippen molar-refractivity contribution in [2.75, 3.05) is 0 Å². The Morgan fingerprint density at radius 2 is 2.00 bits per heavy atom. The maximum atomic E-state index is 10.9. The van der Waals surface area contributed by atoms with Gasteiger partial charge in [0.25, 0.3) is 0 Å². The van der Waals surface area contributed by atoms with Crippen molar-refractivity contribution in [3.63, 3.8) is 0 Å². The van der Waals surface area contributed by atoms with Crippen LogP contribution in [0.3, 0.4) is 0 Å². The van der Waals surface area contributed by atoms with Crippen molar-refractivity contribution in [1.29, 1.82) is 0 Å². The summed E-state index contributed by atoms with van der Waals surface area (Å²) in [7, 11) is 0. The quantitative estimate of drug-likeness (QED) is 0.330. The summed E-state index contributed by atoms with van der Waals surface area (Å²) < 4.78 is 0. The normalized spacial score (nSPS) is 30.6. The van der Waals surface area contributed by atoms with E-state index in [-0.39, 0.29) is 0 Å². The molecule has 2 heterocycles. The molecular weight excluding hydrogens is 182 g/mol. The number of hydrazine groups is 1. The molecule has 4 amide bonds. The molecule has 9 heteroatoms. The molecule has 9 nitrogen and oxygen atoms in total. The van der Waals surface area contributed by atoms with Crippen molar-refractivity contribution in [3.8, 4) is 0 Å². The molecule has 0 bridgehead atoms. The number of hydrogen-bond acceptors (Lipinski definition) is 4. The number of nitro groups is 1. The minimum absolute atomic E-state index is 0.336. The zero-order valence-electron chi connectivity index (χ0n) is 6.18. The lowest BCUT2D eigenvalue weighted by Gasteiger charge is -2.09. The van der Waals surface area contributed by atoms with Gasteiger partial charge < -0.3 is 16.0 Å². The first-order chi connectivity index (χ1) is 6.09. The Bertz CT molecular complexity index is 303. The summed E-state index contributed by atoms with van der Waals surface area (Å²) in [5.41, 5.74) is 0. The van der Waals surface area contributed by atoms with Crippen LogP contribution in [0.1, 0.15) is 0 Å². The molecule has 70 valence electrons. The van der Waals surface area contributed by atoms with E-state index < -0.39 is 29.4 Å². The summed E-state index contributed by atoms with van der Waals surface area (Å²) in [6.07, 6.45) is -1.68. The molecule has 2 saturated heterocycles. The summed E-state index contributed by atoms with van der Waals surface area (Å²) in [4.78, 5) is 32.0. The molecule has 0 aromatic carbocycles. The third-order valence-electron chi connectivity index (χ3n) is 1.81. The summed E-state index contributed by atoms with van der Waals surface area (Å²) in [6, 6.07) is -1.38. The maximum absolute atomic E-state index is 10.9. The van der Waals surface area contributed by atoms with Crippen LogP contribution in [0.2, 0.25) is 0 Å². The van der Waals surface area contributed by atoms with E-state index >= 15 is 0 Å².